The molecule has 57 heavy (non-hydrogen) atoms. The summed E-state index contributed by atoms with van der Waals surface area (Å²) >= 11 is 0. The molecule has 0 aliphatic carbocycles. The van der Waals surface area contributed by atoms with E-state index in [-0.39, 0.29) is 0 Å². The van der Waals surface area contributed by atoms with Crippen LogP contribution in [-0.2, 0) is 0 Å². The lowest BCUT2D eigenvalue weighted by Gasteiger charge is -2.21. The molecule has 4 rings (SSSR count). The first-order valence-electron chi connectivity index (χ1n) is 18.3. The van der Waals surface area contributed by atoms with Gasteiger partial charge in [-0.3, -0.25) is 5.73 Å². The van der Waals surface area contributed by atoms with Crippen molar-refractivity contribution >= 4 is 35.5 Å². The maximum atomic E-state index is 14.4. The second kappa shape index (κ2) is 21.7. The second-order valence-electron chi connectivity index (χ2n) is 13.5. The molecule has 0 aromatic heterocycles. The maximum absolute atomic E-state index is 14.4. The third-order valence-corrected chi connectivity index (χ3v) is 9.41. The fourth-order valence-electron chi connectivity index (χ4n) is 6.30. The summed E-state index contributed by atoms with van der Waals surface area (Å²) in [6.07, 6.45) is 25.2. The van der Waals surface area contributed by atoms with Crippen molar-refractivity contribution in [3.8, 4) is 0 Å². The van der Waals surface area contributed by atoms with E-state index in [2.05, 4.69) is 16.9 Å². The van der Waals surface area contributed by atoms with Gasteiger partial charge in [-0.2, -0.15) is 0 Å². The van der Waals surface area contributed by atoms with E-state index in [0.29, 0.717) is 0 Å². The molecule has 0 unspecified atom stereocenters. The van der Waals surface area contributed by atoms with E-state index in [1.54, 1.807) is 12.4 Å². The molecular weight excluding hydrogens is 794 g/mol. The van der Waals surface area contributed by atoms with Crippen LogP contribution in [0.3, 0.4) is 0 Å². The number of benzene rings is 3. The van der Waals surface area contributed by atoms with Gasteiger partial charge in [-0.05, 0) is 6.42 Å². The molecule has 1 aliphatic rings. The third kappa shape index (κ3) is 11.3. The van der Waals surface area contributed by atoms with Crippen LogP contribution in [0.2, 0.25) is 0 Å². The molecule has 0 saturated carbocycles. The predicted octanol–water partition coefficient (Wildman–Crippen LogP) is 10.3. The zero-order chi connectivity index (χ0) is 42.6. The molecule has 0 amide bonds. The van der Waals surface area contributed by atoms with Crippen molar-refractivity contribution in [2.75, 3.05) is 0 Å². The Hall–Kier alpha value is -4.03. The van der Waals surface area contributed by atoms with E-state index in [1.165, 1.54) is 89.9 Å². The first-order valence-corrected chi connectivity index (χ1v) is 18.3. The monoisotopic (exact) mass is 833 g/mol. The molecule has 0 atom stereocenters. The van der Waals surface area contributed by atoms with Gasteiger partial charge in [-0.1, -0.05) is 96.8 Å². The normalized spacial score (nSPS) is 13.1. The molecule has 3 nitrogen and oxygen atoms in total. The average molecular weight is 834 g/mol. The molecule has 1 aliphatic heterocycles. The molecule has 2 N–H and O–H groups in total. The van der Waals surface area contributed by atoms with Crippen molar-refractivity contribution in [3.05, 3.63) is 87.3 Å². The summed E-state index contributed by atoms with van der Waals surface area (Å²) in [6, 6.07) is 0. The van der Waals surface area contributed by atoms with Crippen molar-refractivity contribution in [1.82, 2.24) is 0 Å². The fourth-order valence-corrected chi connectivity index (χ4v) is 6.30. The summed E-state index contributed by atoms with van der Waals surface area (Å²) in [6.45, 7) is -1.67. The molecule has 0 saturated heterocycles. The van der Waals surface area contributed by atoms with E-state index >= 15 is 0 Å². The molecule has 3 aromatic rings. The zero-order valence-electron chi connectivity index (χ0n) is 30.7. The van der Waals surface area contributed by atoms with Gasteiger partial charge >= 0.3 is 0 Å². The highest BCUT2D eigenvalue weighted by Crippen LogP contribution is 2.24. The smallest absolute Gasteiger partial charge is 0.265 e. The summed E-state index contributed by atoms with van der Waals surface area (Å²) < 4.78 is 209. The van der Waals surface area contributed by atoms with Gasteiger partial charge in [0.2, 0.25) is 5.79 Å². The predicted molar refractivity (Wildman–Crippen MR) is 187 cm³/mol. The Labute approximate surface area is 319 Å². The zero-order valence-corrected chi connectivity index (χ0v) is 30.7. The molecule has 0 radical (unpaired) electrons. The summed E-state index contributed by atoms with van der Waals surface area (Å²) in [5.74, 6) is -45.9. The number of nitrogens with zero attached hydrogens (tertiary/aromatic N) is 2. The van der Waals surface area contributed by atoms with E-state index in [4.69, 9.17) is 5.73 Å². The Kier molecular flexibility index (Phi) is 18.0. The summed E-state index contributed by atoms with van der Waals surface area (Å²) in [4.78, 5) is 8.40. The number of hydrogen-bond donors (Lipinski definition) is 1. The van der Waals surface area contributed by atoms with Crippen LogP contribution < -0.4 is 22.1 Å². The van der Waals surface area contributed by atoms with E-state index in [1.807, 2.05) is 0 Å². The molecule has 0 fully saturated rings. The van der Waals surface area contributed by atoms with Crippen LogP contribution in [-0.4, -0.2) is 24.9 Å². The topological polar surface area (TPSA) is 50.7 Å². The van der Waals surface area contributed by atoms with Crippen LogP contribution in [0, 0.1) is 87.3 Å². The summed E-state index contributed by atoms with van der Waals surface area (Å²) in [7, 11) is 0. The molecule has 3 aromatic carbocycles. The minimum absolute atomic E-state index is 0.628. The van der Waals surface area contributed by atoms with Gasteiger partial charge in [0.05, 0.1) is 0 Å². The van der Waals surface area contributed by atoms with Crippen LogP contribution in [0.5, 0.6) is 0 Å². The van der Waals surface area contributed by atoms with Crippen LogP contribution in [0.4, 0.5) is 65.9 Å². The highest BCUT2D eigenvalue weighted by Gasteiger charge is 2.45. The highest BCUT2D eigenvalue weighted by atomic mass is 19.2. The standard InChI is InChI=1S/C20H39N3.C18BF15/c1-2-3-4-5-6-7-8-9-10-11-12-13-14-15-16-17-20(21)22-18-19-23-20;20-4-1(5(21)11(27)16(32)10(4)26)19(2-6(22)12(28)17(33)13(29)7(2)23)3-8(24)14(30)18(34)15(31)9(3)25/h18-19H,2-17,21H2,1H3;. The van der Waals surface area contributed by atoms with Gasteiger partial charge in [-0.15, -0.1) is 0 Å². The van der Waals surface area contributed by atoms with Gasteiger partial charge < -0.3 is 0 Å². The van der Waals surface area contributed by atoms with Crippen molar-refractivity contribution in [2.45, 2.75) is 115 Å². The molecule has 1 heterocycles. The molecule has 19 heteroatoms. The van der Waals surface area contributed by atoms with Crippen LogP contribution in [0.1, 0.15) is 110 Å². The van der Waals surface area contributed by atoms with Crippen molar-refractivity contribution in [1.29, 1.82) is 0 Å². The SMILES string of the molecule is CCCCCCCCCCCCCCCCCC1(N)N=CC=N1.Fc1c(F)c(F)c(B(c2c(F)c(F)c(F)c(F)c2F)c2c(F)c(F)c(F)c(F)c2F)c(F)c1F. The van der Waals surface area contributed by atoms with E-state index in [0.717, 1.165) is 12.8 Å². The van der Waals surface area contributed by atoms with E-state index in [9.17, 15) is 65.9 Å². The molecular formula is C38H39BF15N3. The number of hydrogen-bond acceptors (Lipinski definition) is 3. The second-order valence-corrected chi connectivity index (χ2v) is 13.5. The lowest BCUT2D eigenvalue weighted by Crippen LogP contribution is -2.60. The van der Waals surface area contributed by atoms with Crippen LogP contribution >= 0.6 is 0 Å². The Bertz CT molecular complexity index is 1660. The van der Waals surface area contributed by atoms with Gasteiger partial charge in [-0.25, -0.2) is 75.8 Å². The summed E-state index contributed by atoms with van der Waals surface area (Å²) in [5.41, 5.74) is -2.02. The van der Waals surface area contributed by atoms with Gasteiger partial charge in [0.25, 0.3) is 6.71 Å². The van der Waals surface area contributed by atoms with Crippen LogP contribution in [0.15, 0.2) is 9.98 Å². The molecule has 0 spiro atoms. The van der Waals surface area contributed by atoms with Gasteiger partial charge in [0, 0.05) is 35.2 Å². The van der Waals surface area contributed by atoms with Crippen molar-refractivity contribution < 1.29 is 65.9 Å². The number of aliphatic imine (C=N–C) groups is 2. The van der Waals surface area contributed by atoms with Crippen molar-refractivity contribution in [2.24, 2.45) is 15.7 Å². The van der Waals surface area contributed by atoms with Gasteiger partial charge in [0.15, 0.2) is 87.3 Å². The van der Waals surface area contributed by atoms with Crippen LogP contribution in [0.25, 0.3) is 0 Å². The number of halogens is 15. The highest BCUT2D eigenvalue weighted by molar-refractivity contribution is 6.95. The van der Waals surface area contributed by atoms with Crippen molar-refractivity contribution in [3.63, 3.8) is 0 Å². The molecule has 314 valence electrons. The average Bonchev–Trinajstić information content (AvgIpc) is 3.63. The lowest BCUT2D eigenvalue weighted by molar-refractivity contribution is 0.380. The first-order chi connectivity index (χ1) is 26.9. The minimum atomic E-state index is -3.96. The Balaban J connectivity index is 0.000000331. The number of unbranched alkanes of at least 4 members (excludes halogenated alkanes) is 14. The Morgan fingerprint density at radius 2 is 0.579 bits per heavy atom. The van der Waals surface area contributed by atoms with E-state index < -0.39 is 116 Å². The fraction of sp³-hybridized carbons (Fsp3) is 0.474. The maximum Gasteiger partial charge on any atom is 0.265 e. The lowest BCUT2D eigenvalue weighted by atomic mass is 9.36. The Morgan fingerprint density at radius 3 is 0.825 bits per heavy atom. The van der Waals surface area contributed by atoms with Gasteiger partial charge in [0.1, 0.15) is 0 Å². The first kappa shape index (κ1) is 47.4. The quantitative estimate of drug-likeness (QED) is 0.0423. The number of rotatable bonds is 19. The largest absolute Gasteiger partial charge is 0.288 e. The Morgan fingerprint density at radius 1 is 0.368 bits per heavy atom. The minimum Gasteiger partial charge on any atom is -0.288 e. The number of nitrogens with two attached hydrogens (primary N) is 1. The third-order valence-electron chi connectivity index (χ3n) is 9.41. The molecule has 0 bridgehead atoms. The summed E-state index contributed by atoms with van der Waals surface area (Å²) in [5, 5.41) is 0.